The van der Waals surface area contributed by atoms with Crippen molar-refractivity contribution in [1.29, 1.82) is 0 Å². The Morgan fingerprint density at radius 3 is 2.59 bits per heavy atom. The molecular weight excluding hydrogens is 474 g/mol. The number of carbonyl (C=O) groups excluding carboxylic acids is 1. The number of fused-ring (bicyclic) bond motifs is 1. The lowest BCUT2D eigenvalue weighted by atomic mass is 9.99. The van der Waals surface area contributed by atoms with Crippen molar-refractivity contribution in [2.45, 2.75) is 24.3 Å². The van der Waals surface area contributed by atoms with Crippen molar-refractivity contribution in [3.63, 3.8) is 0 Å². The molecule has 1 aliphatic heterocycles. The molecule has 1 aliphatic rings. The Morgan fingerprint density at radius 2 is 1.91 bits per heavy atom. The van der Waals surface area contributed by atoms with Crippen LogP contribution in [0, 0.1) is 5.92 Å². The van der Waals surface area contributed by atoms with Crippen molar-refractivity contribution in [2.24, 2.45) is 10.9 Å². The second-order valence-corrected chi connectivity index (χ2v) is 10.9. The standard InChI is InChI=1S/C24H27N3O5S2/c1-4-12-27-19-14-20(31-2)21(32-3)15-22(19)33-24(27)25-23(28)17-9-8-13-26(16-17)34(29,30)18-10-6-5-7-11-18/h4-7,10-11,14-15,17H,1,8-9,12-13,16H2,2-3H3. The zero-order chi connectivity index (χ0) is 24.3. The fraction of sp³-hybridized carbons (Fsp3) is 0.333. The third-order valence-electron chi connectivity index (χ3n) is 5.82. The molecule has 1 unspecified atom stereocenters. The van der Waals surface area contributed by atoms with E-state index in [9.17, 15) is 13.2 Å². The van der Waals surface area contributed by atoms with Gasteiger partial charge in [-0.1, -0.05) is 35.6 Å². The number of benzene rings is 2. The number of methoxy groups -OCH3 is 2. The van der Waals surface area contributed by atoms with Crippen LogP contribution in [0.5, 0.6) is 11.5 Å². The third kappa shape index (κ3) is 4.66. The van der Waals surface area contributed by atoms with Crippen molar-refractivity contribution in [2.75, 3.05) is 27.3 Å². The Bertz CT molecular complexity index is 1380. The van der Waals surface area contributed by atoms with E-state index in [4.69, 9.17) is 9.47 Å². The van der Waals surface area contributed by atoms with E-state index < -0.39 is 15.9 Å². The van der Waals surface area contributed by atoms with Crippen molar-refractivity contribution in [3.8, 4) is 11.5 Å². The van der Waals surface area contributed by atoms with Gasteiger partial charge in [0.25, 0.3) is 5.91 Å². The number of amides is 1. The predicted octanol–water partition coefficient (Wildman–Crippen LogP) is 3.43. The molecule has 2 aromatic carbocycles. The van der Waals surface area contributed by atoms with Gasteiger partial charge in [0.1, 0.15) is 0 Å². The smallest absolute Gasteiger partial charge is 0.252 e. The molecule has 0 saturated carbocycles. The van der Waals surface area contributed by atoms with Crippen molar-refractivity contribution in [3.05, 3.63) is 59.9 Å². The molecule has 34 heavy (non-hydrogen) atoms. The molecule has 1 aromatic heterocycles. The highest BCUT2D eigenvalue weighted by Gasteiger charge is 2.33. The molecule has 1 fully saturated rings. The topological polar surface area (TPSA) is 90.2 Å². The highest BCUT2D eigenvalue weighted by Crippen LogP contribution is 2.33. The van der Waals surface area contributed by atoms with E-state index in [1.807, 2.05) is 16.7 Å². The monoisotopic (exact) mass is 501 g/mol. The quantitative estimate of drug-likeness (QED) is 0.463. The molecule has 0 N–H and O–H groups in total. The summed E-state index contributed by atoms with van der Waals surface area (Å²) >= 11 is 1.37. The van der Waals surface area contributed by atoms with Crippen LogP contribution in [-0.4, -0.2) is 50.5 Å². The molecule has 1 saturated heterocycles. The Balaban J connectivity index is 1.67. The maximum Gasteiger partial charge on any atom is 0.252 e. The minimum atomic E-state index is -3.66. The summed E-state index contributed by atoms with van der Waals surface area (Å²) in [6.45, 7) is 4.79. The summed E-state index contributed by atoms with van der Waals surface area (Å²) in [7, 11) is -0.516. The second-order valence-electron chi connectivity index (χ2n) is 7.92. The summed E-state index contributed by atoms with van der Waals surface area (Å²) in [5.74, 6) is 0.349. The average Bonchev–Trinajstić information content (AvgIpc) is 3.19. The van der Waals surface area contributed by atoms with Crippen LogP contribution < -0.4 is 14.3 Å². The van der Waals surface area contributed by atoms with Crippen LogP contribution >= 0.6 is 11.3 Å². The molecule has 180 valence electrons. The first-order valence-corrected chi connectivity index (χ1v) is 13.1. The number of sulfonamides is 1. The number of carbonyl (C=O) groups is 1. The van der Waals surface area contributed by atoms with Crippen LogP contribution in [0.1, 0.15) is 12.8 Å². The van der Waals surface area contributed by atoms with Gasteiger partial charge in [0, 0.05) is 31.8 Å². The van der Waals surface area contributed by atoms with Gasteiger partial charge in [0.15, 0.2) is 16.3 Å². The number of aromatic nitrogens is 1. The zero-order valence-corrected chi connectivity index (χ0v) is 20.8. The fourth-order valence-corrected chi connectivity index (χ4v) is 6.68. The average molecular weight is 502 g/mol. The molecule has 0 spiro atoms. The van der Waals surface area contributed by atoms with Gasteiger partial charge < -0.3 is 14.0 Å². The normalized spacial score (nSPS) is 17.6. The van der Waals surface area contributed by atoms with E-state index in [1.165, 1.54) is 15.6 Å². The van der Waals surface area contributed by atoms with Crippen LogP contribution in [0.25, 0.3) is 10.2 Å². The number of hydrogen-bond donors (Lipinski definition) is 0. The van der Waals surface area contributed by atoms with Gasteiger partial charge in [-0.2, -0.15) is 9.30 Å². The molecule has 1 amide bonds. The van der Waals surface area contributed by atoms with Gasteiger partial charge in [-0.25, -0.2) is 8.42 Å². The van der Waals surface area contributed by atoms with Crippen molar-refractivity contribution in [1.82, 2.24) is 8.87 Å². The number of piperidine rings is 1. The van der Waals surface area contributed by atoms with Crippen LogP contribution in [0.4, 0.5) is 0 Å². The molecule has 0 radical (unpaired) electrons. The summed E-state index contributed by atoms with van der Waals surface area (Å²) in [6, 6.07) is 12.0. The maximum absolute atomic E-state index is 13.2. The lowest BCUT2D eigenvalue weighted by Gasteiger charge is -2.30. The van der Waals surface area contributed by atoms with Gasteiger partial charge >= 0.3 is 0 Å². The van der Waals surface area contributed by atoms with E-state index in [0.29, 0.717) is 42.2 Å². The molecular formula is C24H27N3O5S2. The highest BCUT2D eigenvalue weighted by molar-refractivity contribution is 7.89. The number of rotatable bonds is 7. The van der Waals surface area contributed by atoms with Gasteiger partial charge in [-0.3, -0.25) is 4.79 Å². The predicted molar refractivity (Wildman–Crippen MR) is 132 cm³/mol. The van der Waals surface area contributed by atoms with E-state index >= 15 is 0 Å². The first-order valence-electron chi connectivity index (χ1n) is 10.9. The van der Waals surface area contributed by atoms with Gasteiger partial charge in [0.05, 0.1) is 35.2 Å². The fourth-order valence-electron chi connectivity index (χ4n) is 4.08. The summed E-state index contributed by atoms with van der Waals surface area (Å²) in [5.41, 5.74) is 0.853. The van der Waals surface area contributed by atoms with Crippen molar-refractivity contribution < 1.29 is 22.7 Å². The lowest BCUT2D eigenvalue weighted by molar-refractivity contribution is -0.122. The molecule has 1 atom stereocenters. The van der Waals surface area contributed by atoms with E-state index in [2.05, 4.69) is 11.6 Å². The Morgan fingerprint density at radius 1 is 1.21 bits per heavy atom. The molecule has 10 heteroatoms. The number of nitrogens with zero attached hydrogens (tertiary/aromatic N) is 3. The molecule has 2 heterocycles. The van der Waals surface area contributed by atoms with E-state index in [-0.39, 0.29) is 17.3 Å². The lowest BCUT2D eigenvalue weighted by Crippen LogP contribution is -2.42. The maximum atomic E-state index is 13.2. The largest absolute Gasteiger partial charge is 0.493 e. The molecule has 3 aromatic rings. The number of ether oxygens (including phenoxy) is 2. The molecule has 0 bridgehead atoms. The minimum absolute atomic E-state index is 0.119. The summed E-state index contributed by atoms with van der Waals surface area (Å²) in [5, 5.41) is 0. The summed E-state index contributed by atoms with van der Waals surface area (Å²) in [4.78, 5) is 18.4. The number of hydrogen-bond acceptors (Lipinski definition) is 6. The Kier molecular flexibility index (Phi) is 7.20. The van der Waals surface area contributed by atoms with Gasteiger partial charge in [0.2, 0.25) is 10.0 Å². The van der Waals surface area contributed by atoms with E-state index in [0.717, 1.165) is 10.2 Å². The van der Waals surface area contributed by atoms with Crippen LogP contribution in [0.3, 0.4) is 0 Å². The second kappa shape index (κ2) is 10.1. The SMILES string of the molecule is C=CCn1c(=NC(=O)C2CCCN(S(=O)(=O)c3ccccc3)C2)sc2cc(OC)c(OC)cc21. The summed E-state index contributed by atoms with van der Waals surface area (Å²) in [6.07, 6.45) is 2.93. The minimum Gasteiger partial charge on any atom is -0.493 e. The Hall–Kier alpha value is -2.95. The molecule has 8 nitrogen and oxygen atoms in total. The van der Waals surface area contributed by atoms with Crippen LogP contribution in [0.15, 0.2) is 65.0 Å². The third-order valence-corrected chi connectivity index (χ3v) is 8.74. The first kappa shape index (κ1) is 24.2. The zero-order valence-electron chi connectivity index (χ0n) is 19.1. The Labute approximate surface area is 202 Å². The highest BCUT2D eigenvalue weighted by atomic mass is 32.2. The van der Waals surface area contributed by atoms with Gasteiger partial charge in [-0.15, -0.1) is 6.58 Å². The van der Waals surface area contributed by atoms with Crippen LogP contribution in [-0.2, 0) is 21.4 Å². The molecule has 0 aliphatic carbocycles. The number of thiazole rings is 1. The first-order chi connectivity index (χ1) is 16.4. The molecule has 4 rings (SSSR count). The number of allylic oxidation sites excluding steroid dienone is 1. The van der Waals surface area contributed by atoms with Crippen molar-refractivity contribution >= 4 is 37.5 Å². The van der Waals surface area contributed by atoms with Crippen LogP contribution in [0.2, 0.25) is 0 Å². The van der Waals surface area contributed by atoms with E-state index in [1.54, 1.807) is 50.6 Å². The van der Waals surface area contributed by atoms with Gasteiger partial charge in [-0.05, 0) is 25.0 Å². The summed E-state index contributed by atoms with van der Waals surface area (Å²) < 4.78 is 41.1.